The molecule has 5 nitrogen and oxygen atoms in total. The van der Waals surface area contributed by atoms with E-state index in [0.29, 0.717) is 13.2 Å². The molecule has 2 atom stereocenters. The van der Waals surface area contributed by atoms with E-state index < -0.39 is 0 Å². The number of hydrogen-bond donors (Lipinski definition) is 0. The highest BCUT2D eigenvalue weighted by atomic mass is 19.1. The summed E-state index contributed by atoms with van der Waals surface area (Å²) >= 11 is 0. The predicted octanol–water partition coefficient (Wildman–Crippen LogP) is 2.94. The van der Waals surface area contributed by atoms with Crippen LogP contribution in [0, 0.1) is 5.82 Å². The third kappa shape index (κ3) is 4.60. The quantitative estimate of drug-likeness (QED) is 0.795. The van der Waals surface area contributed by atoms with Crippen molar-refractivity contribution in [2.45, 2.75) is 19.1 Å². The SMILES string of the molecule is CC(C(=O)N1CCN(c2ccccc2)CC1)N1CCOC(c2ccc(F)cc2)C1. The molecule has 0 bridgehead atoms. The number of nitrogens with zero attached hydrogens (tertiary/aromatic N) is 3. The maximum absolute atomic E-state index is 13.2. The number of anilines is 1. The molecule has 1 amide bonds. The normalized spacial score (nSPS) is 21.8. The molecule has 2 saturated heterocycles. The van der Waals surface area contributed by atoms with Crippen LogP contribution in [0.4, 0.5) is 10.1 Å². The van der Waals surface area contributed by atoms with Crippen molar-refractivity contribution in [1.82, 2.24) is 9.80 Å². The summed E-state index contributed by atoms with van der Waals surface area (Å²) in [6, 6.07) is 16.6. The topological polar surface area (TPSA) is 36.0 Å². The molecule has 2 aromatic carbocycles. The van der Waals surface area contributed by atoms with Gasteiger partial charge in [-0.15, -0.1) is 0 Å². The van der Waals surface area contributed by atoms with Crippen LogP contribution in [-0.2, 0) is 9.53 Å². The highest BCUT2D eigenvalue weighted by Gasteiger charge is 2.32. The molecule has 6 heteroatoms. The van der Waals surface area contributed by atoms with Gasteiger partial charge >= 0.3 is 0 Å². The second-order valence-electron chi connectivity index (χ2n) is 7.73. The summed E-state index contributed by atoms with van der Waals surface area (Å²) < 4.78 is 19.1. The Kier molecular flexibility index (Phi) is 6.11. The lowest BCUT2D eigenvalue weighted by atomic mass is 10.1. The van der Waals surface area contributed by atoms with Crippen molar-refractivity contribution >= 4 is 11.6 Å². The van der Waals surface area contributed by atoms with Crippen LogP contribution in [0.1, 0.15) is 18.6 Å². The van der Waals surface area contributed by atoms with E-state index in [1.165, 1.54) is 17.8 Å². The minimum atomic E-state index is -0.250. The molecule has 2 heterocycles. The lowest BCUT2D eigenvalue weighted by molar-refractivity contribution is -0.140. The average Bonchev–Trinajstić information content (AvgIpc) is 2.79. The molecule has 2 aliphatic rings. The van der Waals surface area contributed by atoms with Crippen LogP contribution in [0.5, 0.6) is 0 Å². The van der Waals surface area contributed by atoms with Gasteiger partial charge < -0.3 is 14.5 Å². The summed E-state index contributed by atoms with van der Waals surface area (Å²) in [5, 5.41) is 0. The van der Waals surface area contributed by atoms with Gasteiger partial charge in [0.25, 0.3) is 0 Å². The molecule has 29 heavy (non-hydrogen) atoms. The fourth-order valence-corrected chi connectivity index (χ4v) is 4.14. The first kappa shape index (κ1) is 19.9. The number of carbonyl (C=O) groups is 1. The van der Waals surface area contributed by atoms with Crippen molar-refractivity contribution in [3.05, 3.63) is 66.0 Å². The first-order valence-electron chi connectivity index (χ1n) is 10.3. The number of hydrogen-bond acceptors (Lipinski definition) is 4. The highest BCUT2D eigenvalue weighted by molar-refractivity contribution is 5.81. The minimum absolute atomic E-state index is 0.130. The van der Waals surface area contributed by atoms with Crippen molar-refractivity contribution in [3.63, 3.8) is 0 Å². The minimum Gasteiger partial charge on any atom is -0.371 e. The molecule has 0 saturated carbocycles. The molecule has 2 fully saturated rings. The van der Waals surface area contributed by atoms with E-state index in [2.05, 4.69) is 21.9 Å². The van der Waals surface area contributed by atoms with Crippen molar-refractivity contribution in [2.24, 2.45) is 0 Å². The first-order chi connectivity index (χ1) is 14.1. The Morgan fingerprint density at radius 3 is 2.38 bits per heavy atom. The maximum atomic E-state index is 13.2. The van der Waals surface area contributed by atoms with Gasteiger partial charge in [-0.1, -0.05) is 30.3 Å². The summed E-state index contributed by atoms with van der Waals surface area (Å²) in [5.41, 5.74) is 2.16. The summed E-state index contributed by atoms with van der Waals surface area (Å²) in [5.74, 6) is -0.0722. The van der Waals surface area contributed by atoms with Gasteiger partial charge in [0.1, 0.15) is 5.82 Å². The molecule has 4 rings (SSSR count). The number of carbonyl (C=O) groups excluding carboxylic acids is 1. The van der Waals surface area contributed by atoms with Crippen molar-refractivity contribution < 1.29 is 13.9 Å². The number of ether oxygens (including phenoxy) is 1. The summed E-state index contributed by atoms with van der Waals surface area (Å²) in [4.78, 5) is 19.6. The molecule has 0 aromatic heterocycles. The van der Waals surface area contributed by atoms with Gasteiger partial charge in [-0.05, 0) is 36.8 Å². The lowest BCUT2D eigenvalue weighted by Crippen LogP contribution is -2.56. The van der Waals surface area contributed by atoms with E-state index in [0.717, 1.165) is 38.3 Å². The second kappa shape index (κ2) is 8.93. The fraction of sp³-hybridized carbons (Fsp3) is 0.435. The Labute approximate surface area is 171 Å². The van der Waals surface area contributed by atoms with E-state index >= 15 is 0 Å². The second-order valence-corrected chi connectivity index (χ2v) is 7.73. The highest BCUT2D eigenvalue weighted by Crippen LogP contribution is 2.24. The lowest BCUT2D eigenvalue weighted by Gasteiger charge is -2.41. The summed E-state index contributed by atoms with van der Waals surface area (Å²) in [7, 11) is 0. The Morgan fingerprint density at radius 1 is 1.00 bits per heavy atom. The van der Waals surface area contributed by atoms with E-state index in [1.54, 1.807) is 12.1 Å². The molecule has 2 aliphatic heterocycles. The Morgan fingerprint density at radius 2 is 1.69 bits per heavy atom. The van der Waals surface area contributed by atoms with Gasteiger partial charge in [0, 0.05) is 45.0 Å². The van der Waals surface area contributed by atoms with Crippen LogP contribution in [0.2, 0.25) is 0 Å². The molecule has 0 spiro atoms. The number of amides is 1. The third-order valence-corrected chi connectivity index (χ3v) is 5.96. The third-order valence-electron chi connectivity index (χ3n) is 5.96. The van der Waals surface area contributed by atoms with E-state index in [-0.39, 0.29) is 23.9 Å². The van der Waals surface area contributed by atoms with E-state index in [4.69, 9.17) is 4.74 Å². The zero-order chi connectivity index (χ0) is 20.2. The predicted molar refractivity (Wildman–Crippen MR) is 111 cm³/mol. The Bertz CT molecular complexity index is 807. The van der Waals surface area contributed by atoms with Crippen LogP contribution < -0.4 is 4.90 Å². The van der Waals surface area contributed by atoms with Gasteiger partial charge in [-0.2, -0.15) is 0 Å². The van der Waals surface area contributed by atoms with Gasteiger partial charge in [0.05, 0.1) is 18.8 Å². The molecule has 0 radical (unpaired) electrons. The average molecular weight is 397 g/mol. The van der Waals surface area contributed by atoms with Gasteiger partial charge in [-0.25, -0.2) is 4.39 Å². The Balaban J connectivity index is 1.33. The molecule has 154 valence electrons. The number of halogens is 1. The zero-order valence-electron chi connectivity index (χ0n) is 16.8. The van der Waals surface area contributed by atoms with Gasteiger partial charge in [-0.3, -0.25) is 9.69 Å². The fourth-order valence-electron chi connectivity index (χ4n) is 4.14. The van der Waals surface area contributed by atoms with Crippen LogP contribution in [-0.4, -0.2) is 67.6 Å². The monoisotopic (exact) mass is 397 g/mol. The number of benzene rings is 2. The van der Waals surface area contributed by atoms with E-state index in [9.17, 15) is 9.18 Å². The number of morpholine rings is 1. The van der Waals surface area contributed by atoms with Crippen LogP contribution in [0.3, 0.4) is 0 Å². The maximum Gasteiger partial charge on any atom is 0.239 e. The standard InChI is InChI=1S/C23H28FN3O2/c1-18(27-15-16-29-22(17-27)19-7-9-20(24)10-8-19)23(28)26-13-11-25(12-14-26)21-5-3-2-4-6-21/h2-10,18,22H,11-17H2,1H3. The first-order valence-corrected chi connectivity index (χ1v) is 10.3. The number of piperazine rings is 1. The molecule has 2 unspecified atom stereocenters. The molecular formula is C23H28FN3O2. The molecule has 0 aliphatic carbocycles. The number of para-hydroxylation sites is 1. The van der Waals surface area contributed by atoms with E-state index in [1.807, 2.05) is 30.0 Å². The largest absolute Gasteiger partial charge is 0.371 e. The van der Waals surface area contributed by atoms with Gasteiger partial charge in [0.2, 0.25) is 5.91 Å². The molecular weight excluding hydrogens is 369 g/mol. The number of rotatable bonds is 4. The van der Waals surface area contributed by atoms with Crippen molar-refractivity contribution in [2.75, 3.05) is 50.8 Å². The Hall–Kier alpha value is -2.44. The molecule has 0 N–H and O–H groups in total. The summed E-state index contributed by atoms with van der Waals surface area (Å²) in [6.45, 7) is 7.11. The van der Waals surface area contributed by atoms with Crippen LogP contribution >= 0.6 is 0 Å². The molecule has 2 aromatic rings. The van der Waals surface area contributed by atoms with Crippen molar-refractivity contribution in [1.29, 1.82) is 0 Å². The smallest absolute Gasteiger partial charge is 0.239 e. The van der Waals surface area contributed by atoms with Gasteiger partial charge in [0.15, 0.2) is 0 Å². The van der Waals surface area contributed by atoms with Crippen molar-refractivity contribution in [3.8, 4) is 0 Å². The zero-order valence-corrected chi connectivity index (χ0v) is 16.8. The summed E-state index contributed by atoms with van der Waals surface area (Å²) in [6.07, 6.45) is -0.130. The van der Waals surface area contributed by atoms with Crippen LogP contribution in [0.15, 0.2) is 54.6 Å². The van der Waals surface area contributed by atoms with Crippen LogP contribution in [0.25, 0.3) is 0 Å².